The molecule has 2 aliphatic heterocycles. The summed E-state index contributed by atoms with van der Waals surface area (Å²) in [5, 5.41) is 2.80. The molecule has 10 heteroatoms. The number of methoxy groups -OCH3 is 1. The third-order valence-electron chi connectivity index (χ3n) is 6.64. The van der Waals surface area contributed by atoms with E-state index >= 15 is 0 Å². The van der Waals surface area contributed by atoms with Crippen molar-refractivity contribution in [3.63, 3.8) is 0 Å². The standard InChI is InChI=1S/C27H25N3O6S/c1-36-20-10-7-18(8-11-20)19-9-12-23-22(15-19)27(33)30-14-13-29(16-24(30)26(32)28-23)25(31)17-37(34,35)21-5-3-2-4-6-21/h2-12,15,24H,13-14,16-17H2,1H3,(H,28,32). The van der Waals surface area contributed by atoms with Gasteiger partial charge in [-0.1, -0.05) is 36.4 Å². The van der Waals surface area contributed by atoms with Crippen molar-refractivity contribution in [3.8, 4) is 16.9 Å². The van der Waals surface area contributed by atoms with Gasteiger partial charge in [-0.05, 0) is 47.5 Å². The molecule has 5 rings (SSSR count). The zero-order valence-electron chi connectivity index (χ0n) is 20.1. The molecule has 1 atom stereocenters. The first-order chi connectivity index (χ1) is 17.8. The van der Waals surface area contributed by atoms with Gasteiger partial charge in [0.2, 0.25) is 11.8 Å². The minimum Gasteiger partial charge on any atom is -0.497 e. The average molecular weight is 520 g/mol. The van der Waals surface area contributed by atoms with Gasteiger partial charge in [0.25, 0.3) is 5.91 Å². The van der Waals surface area contributed by atoms with Crippen molar-refractivity contribution in [1.82, 2.24) is 9.80 Å². The quantitative estimate of drug-likeness (QED) is 0.554. The second-order valence-electron chi connectivity index (χ2n) is 8.90. The van der Waals surface area contributed by atoms with Crippen LogP contribution in [0.4, 0.5) is 5.69 Å². The van der Waals surface area contributed by atoms with E-state index in [1.54, 1.807) is 37.4 Å². The monoisotopic (exact) mass is 519 g/mol. The van der Waals surface area contributed by atoms with Crippen LogP contribution in [-0.4, -0.2) is 74.5 Å². The van der Waals surface area contributed by atoms with Crippen LogP contribution in [0.2, 0.25) is 0 Å². The fraction of sp³-hybridized carbons (Fsp3) is 0.222. The highest BCUT2D eigenvalue weighted by molar-refractivity contribution is 7.92. The number of hydrogen-bond donors (Lipinski definition) is 1. The normalized spacial score (nSPS) is 17.4. The molecule has 0 spiro atoms. The van der Waals surface area contributed by atoms with Crippen molar-refractivity contribution in [2.24, 2.45) is 0 Å². The lowest BCUT2D eigenvalue weighted by atomic mass is 10.0. The first-order valence-corrected chi connectivity index (χ1v) is 13.4. The van der Waals surface area contributed by atoms with Crippen LogP contribution >= 0.6 is 0 Å². The third kappa shape index (κ3) is 4.79. The summed E-state index contributed by atoms with van der Waals surface area (Å²) in [6.07, 6.45) is 0. The van der Waals surface area contributed by atoms with Crippen molar-refractivity contribution in [2.75, 3.05) is 37.8 Å². The fourth-order valence-electron chi connectivity index (χ4n) is 4.61. The summed E-state index contributed by atoms with van der Waals surface area (Å²) < 4.78 is 30.6. The molecule has 1 saturated heterocycles. The minimum atomic E-state index is -3.83. The van der Waals surface area contributed by atoms with E-state index < -0.39 is 33.4 Å². The van der Waals surface area contributed by atoms with Crippen LogP contribution in [0.15, 0.2) is 77.7 Å². The summed E-state index contributed by atoms with van der Waals surface area (Å²) in [6.45, 7) is 0.159. The average Bonchev–Trinajstić information content (AvgIpc) is 3.02. The van der Waals surface area contributed by atoms with Gasteiger partial charge < -0.3 is 19.9 Å². The van der Waals surface area contributed by atoms with Gasteiger partial charge >= 0.3 is 0 Å². The predicted molar refractivity (Wildman–Crippen MR) is 137 cm³/mol. The molecule has 3 aromatic rings. The highest BCUT2D eigenvalue weighted by atomic mass is 32.2. The van der Waals surface area contributed by atoms with Crippen molar-refractivity contribution < 1.29 is 27.5 Å². The SMILES string of the molecule is COc1ccc(-c2ccc3c(c2)C(=O)N2CCN(C(=O)CS(=O)(=O)c4ccccc4)CC2C(=O)N3)cc1. The lowest BCUT2D eigenvalue weighted by Crippen LogP contribution is -2.60. The van der Waals surface area contributed by atoms with E-state index in [1.807, 2.05) is 30.3 Å². The number of carbonyl (C=O) groups excluding carboxylic acids is 3. The number of sulfone groups is 1. The smallest absolute Gasteiger partial charge is 0.256 e. The molecule has 1 unspecified atom stereocenters. The summed E-state index contributed by atoms with van der Waals surface area (Å²) in [6, 6.07) is 19.5. The van der Waals surface area contributed by atoms with Gasteiger partial charge in [-0.2, -0.15) is 0 Å². The molecule has 0 aromatic heterocycles. The van der Waals surface area contributed by atoms with Crippen molar-refractivity contribution >= 4 is 33.2 Å². The Morgan fingerprint density at radius 1 is 0.973 bits per heavy atom. The van der Waals surface area contributed by atoms with Gasteiger partial charge in [0.15, 0.2) is 9.84 Å². The van der Waals surface area contributed by atoms with Gasteiger partial charge in [0.1, 0.15) is 17.5 Å². The van der Waals surface area contributed by atoms with E-state index in [-0.39, 0.29) is 30.4 Å². The molecular formula is C27H25N3O6S. The largest absolute Gasteiger partial charge is 0.497 e. The third-order valence-corrected chi connectivity index (χ3v) is 8.26. The Balaban J connectivity index is 1.35. The Morgan fingerprint density at radius 3 is 2.38 bits per heavy atom. The summed E-state index contributed by atoms with van der Waals surface area (Å²) in [4.78, 5) is 42.3. The number of amides is 3. The van der Waals surface area contributed by atoms with Gasteiger partial charge in [-0.15, -0.1) is 0 Å². The molecule has 1 N–H and O–H groups in total. The van der Waals surface area contributed by atoms with E-state index in [9.17, 15) is 22.8 Å². The Bertz CT molecular complexity index is 1470. The van der Waals surface area contributed by atoms with E-state index in [2.05, 4.69) is 5.32 Å². The number of nitrogens with one attached hydrogen (secondary N) is 1. The highest BCUT2D eigenvalue weighted by Crippen LogP contribution is 2.31. The van der Waals surface area contributed by atoms with E-state index in [0.29, 0.717) is 17.0 Å². The number of benzene rings is 3. The molecule has 3 aromatic carbocycles. The van der Waals surface area contributed by atoms with Crippen molar-refractivity contribution in [2.45, 2.75) is 10.9 Å². The fourth-order valence-corrected chi connectivity index (χ4v) is 5.85. The summed E-state index contributed by atoms with van der Waals surface area (Å²) in [5.41, 5.74) is 2.45. The zero-order valence-corrected chi connectivity index (χ0v) is 20.9. The Hall–Kier alpha value is -4.18. The molecular weight excluding hydrogens is 494 g/mol. The van der Waals surface area contributed by atoms with E-state index in [1.165, 1.54) is 21.9 Å². The molecule has 0 saturated carbocycles. The molecule has 1 fully saturated rings. The van der Waals surface area contributed by atoms with E-state index in [4.69, 9.17) is 4.74 Å². The molecule has 0 bridgehead atoms. The van der Waals surface area contributed by atoms with Crippen LogP contribution in [0.25, 0.3) is 11.1 Å². The van der Waals surface area contributed by atoms with Crippen LogP contribution in [-0.2, 0) is 19.4 Å². The van der Waals surface area contributed by atoms with Gasteiger partial charge in [0, 0.05) is 13.1 Å². The zero-order chi connectivity index (χ0) is 26.2. The maximum absolute atomic E-state index is 13.5. The number of piperazine rings is 1. The summed E-state index contributed by atoms with van der Waals surface area (Å²) >= 11 is 0. The predicted octanol–water partition coefficient (Wildman–Crippen LogP) is 2.44. The number of fused-ring (bicyclic) bond motifs is 2. The maximum Gasteiger partial charge on any atom is 0.256 e. The lowest BCUT2D eigenvalue weighted by molar-refractivity contribution is -0.133. The van der Waals surface area contributed by atoms with Crippen LogP contribution in [0.5, 0.6) is 5.75 Å². The molecule has 190 valence electrons. The second-order valence-corrected chi connectivity index (χ2v) is 10.9. The number of rotatable bonds is 5. The molecule has 2 heterocycles. The Morgan fingerprint density at radius 2 is 1.68 bits per heavy atom. The number of carbonyl (C=O) groups is 3. The van der Waals surface area contributed by atoms with Crippen molar-refractivity contribution in [1.29, 1.82) is 0 Å². The lowest BCUT2D eigenvalue weighted by Gasteiger charge is -2.39. The van der Waals surface area contributed by atoms with Crippen molar-refractivity contribution in [3.05, 3.63) is 78.4 Å². The van der Waals surface area contributed by atoms with Gasteiger partial charge in [0.05, 0.1) is 29.8 Å². The number of hydrogen-bond acceptors (Lipinski definition) is 6. The topological polar surface area (TPSA) is 113 Å². The van der Waals surface area contributed by atoms with Crippen LogP contribution in [0, 0.1) is 0 Å². The van der Waals surface area contributed by atoms with Gasteiger partial charge in [-0.3, -0.25) is 14.4 Å². The molecule has 9 nitrogen and oxygen atoms in total. The van der Waals surface area contributed by atoms with Gasteiger partial charge in [-0.25, -0.2) is 8.42 Å². The molecule has 0 aliphatic carbocycles. The number of ether oxygens (including phenoxy) is 1. The molecule has 37 heavy (non-hydrogen) atoms. The van der Waals surface area contributed by atoms with Crippen LogP contribution < -0.4 is 10.1 Å². The summed E-state index contributed by atoms with van der Waals surface area (Å²) in [7, 11) is -2.24. The first kappa shape index (κ1) is 24.5. The summed E-state index contributed by atoms with van der Waals surface area (Å²) in [5.74, 6) is -1.34. The number of nitrogens with zero attached hydrogens (tertiary/aromatic N) is 2. The highest BCUT2D eigenvalue weighted by Gasteiger charge is 2.41. The second kappa shape index (κ2) is 9.70. The molecule has 3 amide bonds. The van der Waals surface area contributed by atoms with Crippen LogP contribution in [0.3, 0.4) is 0 Å². The van der Waals surface area contributed by atoms with Crippen LogP contribution in [0.1, 0.15) is 10.4 Å². The maximum atomic E-state index is 13.5. The number of anilines is 1. The van der Waals surface area contributed by atoms with E-state index in [0.717, 1.165) is 11.1 Å². The minimum absolute atomic E-state index is 0.0625. The Kier molecular flexibility index (Phi) is 6.43. The Labute approximate surface area is 214 Å². The first-order valence-electron chi connectivity index (χ1n) is 11.7. The molecule has 2 aliphatic rings. The molecule has 0 radical (unpaired) electrons.